The maximum absolute atomic E-state index is 12.3. The molecule has 0 aliphatic carbocycles. The number of amides is 1. The molecule has 5 heteroatoms. The highest BCUT2D eigenvalue weighted by atomic mass is 35.5. The van der Waals surface area contributed by atoms with Crippen LogP contribution in [0.5, 0.6) is 0 Å². The quantitative estimate of drug-likeness (QED) is 0.928. The molecule has 21 heavy (non-hydrogen) atoms. The van der Waals surface area contributed by atoms with E-state index in [1.807, 2.05) is 45.9 Å². The monoisotopic (exact) mass is 303 g/mol. The second-order valence-corrected chi connectivity index (χ2v) is 5.74. The van der Waals surface area contributed by atoms with Crippen LogP contribution in [-0.4, -0.2) is 15.9 Å². The molecule has 0 bridgehead atoms. The van der Waals surface area contributed by atoms with Crippen LogP contribution in [0.1, 0.15) is 47.2 Å². The zero-order chi connectivity index (χ0) is 15.6. The average molecular weight is 304 g/mol. The first-order chi connectivity index (χ1) is 9.88. The van der Waals surface area contributed by atoms with Crippen LogP contribution in [0.3, 0.4) is 0 Å². The van der Waals surface area contributed by atoms with Crippen LogP contribution in [-0.2, 0) is 0 Å². The van der Waals surface area contributed by atoms with Crippen molar-refractivity contribution in [2.75, 3.05) is 5.32 Å². The summed E-state index contributed by atoms with van der Waals surface area (Å²) in [5.74, 6) is 0.410. The molecule has 0 aliphatic heterocycles. The number of halogens is 1. The molecular formula is C16H18ClN3O. The fourth-order valence-electron chi connectivity index (χ4n) is 1.83. The number of anilines is 1. The molecule has 2 aromatic rings. The summed E-state index contributed by atoms with van der Waals surface area (Å²) in [5.41, 5.74) is 3.22. The fourth-order valence-corrected chi connectivity index (χ4v) is 2.00. The Balaban J connectivity index is 2.27. The lowest BCUT2D eigenvalue weighted by Crippen LogP contribution is -2.16. The van der Waals surface area contributed by atoms with Crippen molar-refractivity contribution in [2.45, 2.75) is 33.6 Å². The Bertz CT molecular complexity index is 683. The molecular weight excluding hydrogens is 286 g/mol. The molecule has 1 heterocycles. The van der Waals surface area contributed by atoms with E-state index in [1.165, 1.54) is 11.8 Å². The number of benzene rings is 1. The number of nitrogens with one attached hydrogen (secondary N) is 1. The summed E-state index contributed by atoms with van der Waals surface area (Å²) in [6.07, 6.45) is 1.47. The van der Waals surface area contributed by atoms with Crippen LogP contribution >= 0.6 is 11.6 Å². The molecule has 0 aliphatic rings. The van der Waals surface area contributed by atoms with Gasteiger partial charge in [-0.25, -0.2) is 9.97 Å². The van der Waals surface area contributed by atoms with E-state index in [9.17, 15) is 4.79 Å². The fraction of sp³-hybridized carbons (Fsp3) is 0.312. The number of carbonyl (C=O) groups is 1. The highest BCUT2D eigenvalue weighted by molar-refractivity contribution is 6.33. The molecule has 1 amide bonds. The van der Waals surface area contributed by atoms with Crippen molar-refractivity contribution in [1.29, 1.82) is 0 Å². The van der Waals surface area contributed by atoms with Crippen LogP contribution in [0, 0.1) is 13.8 Å². The van der Waals surface area contributed by atoms with Gasteiger partial charge in [0.2, 0.25) is 0 Å². The molecule has 0 unspecified atom stereocenters. The van der Waals surface area contributed by atoms with E-state index < -0.39 is 0 Å². The molecule has 0 fully saturated rings. The summed E-state index contributed by atoms with van der Waals surface area (Å²) < 4.78 is 0. The Morgan fingerprint density at radius 1 is 1.24 bits per heavy atom. The lowest BCUT2D eigenvalue weighted by atomic mass is 10.1. The Morgan fingerprint density at radius 2 is 1.95 bits per heavy atom. The number of rotatable bonds is 3. The van der Waals surface area contributed by atoms with Gasteiger partial charge in [-0.05, 0) is 37.1 Å². The topological polar surface area (TPSA) is 54.9 Å². The second-order valence-electron chi connectivity index (χ2n) is 5.33. The smallest absolute Gasteiger partial charge is 0.275 e. The highest BCUT2D eigenvalue weighted by Gasteiger charge is 2.15. The van der Waals surface area contributed by atoms with Gasteiger partial charge in [0, 0.05) is 11.6 Å². The first kappa shape index (κ1) is 15.4. The summed E-state index contributed by atoms with van der Waals surface area (Å²) >= 11 is 6.03. The molecule has 0 saturated carbocycles. The van der Waals surface area contributed by atoms with Crippen molar-refractivity contribution in [3.05, 3.63) is 52.1 Å². The summed E-state index contributed by atoms with van der Waals surface area (Å²) in [5, 5.41) is 3.07. The predicted molar refractivity (Wildman–Crippen MR) is 85.0 cm³/mol. The van der Waals surface area contributed by atoms with Gasteiger partial charge in [-0.3, -0.25) is 4.79 Å². The van der Waals surface area contributed by atoms with Gasteiger partial charge < -0.3 is 5.32 Å². The number of carbonyl (C=O) groups excluding carboxylic acids is 1. The molecule has 0 spiro atoms. The van der Waals surface area contributed by atoms with Crippen LogP contribution in [0.2, 0.25) is 5.02 Å². The number of aryl methyl sites for hydroxylation is 2. The minimum absolute atomic E-state index is 0.135. The number of hydrogen-bond acceptors (Lipinski definition) is 3. The maximum Gasteiger partial charge on any atom is 0.275 e. The largest absolute Gasteiger partial charge is 0.321 e. The van der Waals surface area contributed by atoms with Gasteiger partial charge in [-0.1, -0.05) is 31.5 Å². The lowest BCUT2D eigenvalue weighted by Gasteiger charge is -2.10. The Kier molecular flexibility index (Phi) is 4.58. The molecule has 1 aromatic heterocycles. The van der Waals surface area contributed by atoms with Crippen molar-refractivity contribution in [3.63, 3.8) is 0 Å². The predicted octanol–water partition coefficient (Wildman–Crippen LogP) is 4.12. The van der Waals surface area contributed by atoms with Crippen molar-refractivity contribution >= 4 is 23.2 Å². The first-order valence-corrected chi connectivity index (χ1v) is 7.17. The van der Waals surface area contributed by atoms with E-state index in [-0.39, 0.29) is 22.5 Å². The Hall–Kier alpha value is -1.94. The van der Waals surface area contributed by atoms with E-state index in [2.05, 4.69) is 15.3 Å². The van der Waals surface area contributed by atoms with Crippen molar-refractivity contribution in [1.82, 2.24) is 9.97 Å². The first-order valence-electron chi connectivity index (χ1n) is 6.79. The maximum atomic E-state index is 12.3. The Morgan fingerprint density at radius 3 is 2.57 bits per heavy atom. The average Bonchev–Trinajstić information content (AvgIpc) is 2.43. The van der Waals surface area contributed by atoms with Gasteiger partial charge in [0.1, 0.15) is 5.82 Å². The molecule has 4 nitrogen and oxygen atoms in total. The lowest BCUT2D eigenvalue weighted by molar-refractivity contribution is 0.102. The van der Waals surface area contributed by atoms with Crippen molar-refractivity contribution in [2.24, 2.45) is 0 Å². The molecule has 0 radical (unpaired) electrons. The van der Waals surface area contributed by atoms with E-state index >= 15 is 0 Å². The van der Waals surface area contributed by atoms with Gasteiger partial charge in [0.25, 0.3) is 5.91 Å². The van der Waals surface area contributed by atoms with Gasteiger partial charge in [-0.2, -0.15) is 0 Å². The Labute approximate surface area is 129 Å². The number of nitrogens with zero attached hydrogens (tertiary/aromatic N) is 2. The van der Waals surface area contributed by atoms with Gasteiger partial charge in [0.15, 0.2) is 5.69 Å². The van der Waals surface area contributed by atoms with Crippen molar-refractivity contribution in [3.8, 4) is 0 Å². The van der Waals surface area contributed by atoms with E-state index in [0.717, 1.165) is 11.3 Å². The van der Waals surface area contributed by atoms with Crippen LogP contribution in [0.15, 0.2) is 24.4 Å². The van der Waals surface area contributed by atoms with E-state index in [4.69, 9.17) is 11.6 Å². The molecule has 1 N–H and O–H groups in total. The van der Waals surface area contributed by atoms with Crippen LogP contribution in [0.25, 0.3) is 0 Å². The number of aromatic nitrogens is 2. The second kappa shape index (κ2) is 6.22. The SMILES string of the molecule is Cc1ccc(NC(=O)c2nc(C(C)C)ncc2Cl)cc1C. The molecule has 0 atom stereocenters. The third-order valence-corrected chi connectivity index (χ3v) is 3.54. The van der Waals surface area contributed by atoms with Crippen molar-refractivity contribution < 1.29 is 4.79 Å². The van der Waals surface area contributed by atoms with Crippen LogP contribution < -0.4 is 5.32 Å². The summed E-state index contributed by atoms with van der Waals surface area (Å²) in [6.45, 7) is 7.96. The molecule has 110 valence electrons. The minimum atomic E-state index is -0.326. The normalized spacial score (nSPS) is 10.8. The van der Waals surface area contributed by atoms with E-state index in [1.54, 1.807) is 0 Å². The summed E-state index contributed by atoms with van der Waals surface area (Å²) in [7, 11) is 0. The molecule has 1 aromatic carbocycles. The van der Waals surface area contributed by atoms with Gasteiger partial charge in [0.05, 0.1) is 11.2 Å². The highest BCUT2D eigenvalue weighted by Crippen LogP contribution is 2.19. The van der Waals surface area contributed by atoms with Gasteiger partial charge in [-0.15, -0.1) is 0 Å². The van der Waals surface area contributed by atoms with E-state index in [0.29, 0.717) is 5.82 Å². The summed E-state index contributed by atoms with van der Waals surface area (Å²) in [6, 6.07) is 5.75. The molecule has 2 rings (SSSR count). The van der Waals surface area contributed by atoms with Crippen LogP contribution in [0.4, 0.5) is 5.69 Å². The zero-order valence-electron chi connectivity index (χ0n) is 12.6. The summed E-state index contributed by atoms with van der Waals surface area (Å²) in [4.78, 5) is 20.7. The molecule has 0 saturated heterocycles. The third-order valence-electron chi connectivity index (χ3n) is 3.26. The zero-order valence-corrected chi connectivity index (χ0v) is 13.3. The van der Waals surface area contributed by atoms with Gasteiger partial charge >= 0.3 is 0 Å². The number of hydrogen-bond donors (Lipinski definition) is 1. The standard InChI is InChI=1S/C16H18ClN3O/c1-9(2)15-18-8-13(17)14(20-15)16(21)19-12-6-5-10(3)11(4)7-12/h5-9H,1-4H3,(H,19,21). The minimum Gasteiger partial charge on any atom is -0.321 e. The third kappa shape index (κ3) is 3.58.